The summed E-state index contributed by atoms with van der Waals surface area (Å²) in [6.45, 7) is 0. The second-order valence-electron chi connectivity index (χ2n) is 11.3. The molecule has 8 aromatic carbocycles. The van der Waals surface area contributed by atoms with Crippen LogP contribution in [0.15, 0.2) is 162 Å². The highest BCUT2D eigenvalue weighted by atomic mass is 16.3. The van der Waals surface area contributed by atoms with Crippen molar-refractivity contribution in [3.63, 3.8) is 0 Å². The molecule has 0 radical (unpaired) electrons. The fraction of sp³-hybridized carbons (Fsp3) is 0. The van der Waals surface area contributed by atoms with E-state index in [1.807, 2.05) is 12.1 Å². The van der Waals surface area contributed by atoms with Crippen LogP contribution in [0, 0.1) is 0 Å². The highest BCUT2D eigenvalue weighted by Crippen LogP contribution is 2.45. The zero-order chi connectivity index (χ0) is 28.3. The van der Waals surface area contributed by atoms with Crippen LogP contribution in [0.3, 0.4) is 0 Å². The fourth-order valence-electron chi connectivity index (χ4n) is 6.84. The van der Waals surface area contributed by atoms with Gasteiger partial charge in [-0.25, -0.2) is 0 Å². The van der Waals surface area contributed by atoms with Gasteiger partial charge in [-0.2, -0.15) is 0 Å². The van der Waals surface area contributed by atoms with Gasteiger partial charge in [0.05, 0.1) is 0 Å². The zero-order valence-corrected chi connectivity index (χ0v) is 23.4. The molecule has 1 aromatic heterocycles. The second kappa shape index (κ2) is 9.44. The molecule has 0 aliphatic heterocycles. The predicted molar refractivity (Wildman–Crippen MR) is 183 cm³/mol. The van der Waals surface area contributed by atoms with Gasteiger partial charge in [0, 0.05) is 10.8 Å². The van der Waals surface area contributed by atoms with E-state index in [0.29, 0.717) is 0 Å². The molecule has 0 fully saturated rings. The number of hydrogen-bond donors (Lipinski definition) is 0. The van der Waals surface area contributed by atoms with Crippen LogP contribution in [0.5, 0.6) is 0 Å². The maximum Gasteiger partial charge on any atom is 0.135 e. The highest BCUT2D eigenvalue weighted by Gasteiger charge is 2.18. The quantitative estimate of drug-likeness (QED) is 0.201. The number of rotatable bonds is 3. The predicted octanol–water partition coefficient (Wildman–Crippen LogP) is 12.0. The maximum absolute atomic E-state index is 6.16. The van der Waals surface area contributed by atoms with Gasteiger partial charge in [-0.1, -0.05) is 127 Å². The van der Waals surface area contributed by atoms with Crippen LogP contribution in [0.4, 0.5) is 0 Å². The summed E-state index contributed by atoms with van der Waals surface area (Å²) in [5.41, 5.74) is 9.29. The Bertz CT molecular complexity index is 2440. The molecule has 0 saturated carbocycles. The lowest BCUT2D eigenvalue weighted by atomic mass is 9.85. The number of para-hydroxylation sites is 1. The largest absolute Gasteiger partial charge is 0.456 e. The topological polar surface area (TPSA) is 13.1 Å². The molecule has 1 heterocycles. The normalized spacial score (nSPS) is 11.7. The van der Waals surface area contributed by atoms with E-state index in [1.54, 1.807) is 0 Å². The Balaban J connectivity index is 1.29. The number of furan rings is 1. The van der Waals surface area contributed by atoms with Gasteiger partial charge in [-0.15, -0.1) is 0 Å². The molecular weight excluding hydrogens is 520 g/mol. The second-order valence-corrected chi connectivity index (χ2v) is 11.3. The molecule has 200 valence electrons. The third kappa shape index (κ3) is 3.79. The van der Waals surface area contributed by atoms with Crippen LogP contribution in [0.25, 0.3) is 87.6 Å². The molecule has 1 nitrogen and oxygen atoms in total. The summed E-state index contributed by atoms with van der Waals surface area (Å²) in [6.07, 6.45) is 0. The SMILES string of the molecule is c1ccc(-c2ccc3cc(-c4c5ccccc5c(-c5ccc6oc7ccccc7c6c5)c5ccccc45)ccc3c2)cc1. The lowest BCUT2D eigenvalue weighted by Gasteiger charge is -2.18. The number of fused-ring (bicyclic) bond motifs is 6. The van der Waals surface area contributed by atoms with Gasteiger partial charge >= 0.3 is 0 Å². The molecule has 43 heavy (non-hydrogen) atoms. The summed E-state index contributed by atoms with van der Waals surface area (Å²) >= 11 is 0. The Morgan fingerprint density at radius 2 is 0.744 bits per heavy atom. The fourth-order valence-corrected chi connectivity index (χ4v) is 6.84. The van der Waals surface area contributed by atoms with Gasteiger partial charge in [0.1, 0.15) is 11.2 Å². The molecule has 0 atom stereocenters. The molecule has 0 N–H and O–H groups in total. The minimum atomic E-state index is 0.918. The van der Waals surface area contributed by atoms with Gasteiger partial charge in [0.2, 0.25) is 0 Å². The van der Waals surface area contributed by atoms with Crippen molar-refractivity contribution in [3.05, 3.63) is 158 Å². The van der Waals surface area contributed by atoms with Crippen molar-refractivity contribution in [3.8, 4) is 33.4 Å². The Labute approximate surface area is 249 Å². The number of hydrogen-bond acceptors (Lipinski definition) is 1. The molecule has 1 heteroatoms. The lowest BCUT2D eigenvalue weighted by Crippen LogP contribution is -1.91. The first-order valence-corrected chi connectivity index (χ1v) is 14.8. The molecule has 0 aliphatic rings. The summed E-state index contributed by atoms with van der Waals surface area (Å²) in [4.78, 5) is 0. The molecule has 0 spiro atoms. The molecule has 0 amide bonds. The van der Waals surface area contributed by atoms with Crippen molar-refractivity contribution in [2.24, 2.45) is 0 Å². The Hall–Kier alpha value is -5.66. The van der Waals surface area contributed by atoms with Crippen molar-refractivity contribution in [1.82, 2.24) is 0 Å². The molecule has 9 aromatic rings. The van der Waals surface area contributed by atoms with Crippen LogP contribution in [-0.4, -0.2) is 0 Å². The van der Waals surface area contributed by atoms with E-state index in [0.717, 1.165) is 21.9 Å². The maximum atomic E-state index is 6.16. The first kappa shape index (κ1) is 24.0. The molecule has 9 rings (SSSR count). The van der Waals surface area contributed by atoms with Crippen molar-refractivity contribution in [1.29, 1.82) is 0 Å². The molecule has 0 saturated heterocycles. The van der Waals surface area contributed by atoms with E-state index in [-0.39, 0.29) is 0 Å². The molecule has 0 aliphatic carbocycles. The first-order valence-electron chi connectivity index (χ1n) is 14.8. The van der Waals surface area contributed by atoms with Crippen LogP contribution >= 0.6 is 0 Å². The highest BCUT2D eigenvalue weighted by molar-refractivity contribution is 6.22. The van der Waals surface area contributed by atoms with Crippen molar-refractivity contribution in [2.75, 3.05) is 0 Å². The zero-order valence-electron chi connectivity index (χ0n) is 23.4. The molecular formula is C42H26O. The smallest absolute Gasteiger partial charge is 0.135 e. The van der Waals surface area contributed by atoms with E-state index in [2.05, 4.69) is 146 Å². The van der Waals surface area contributed by atoms with Crippen LogP contribution in [0.1, 0.15) is 0 Å². The summed E-state index contributed by atoms with van der Waals surface area (Å²) in [7, 11) is 0. The third-order valence-corrected chi connectivity index (χ3v) is 8.83. The van der Waals surface area contributed by atoms with Crippen LogP contribution in [0.2, 0.25) is 0 Å². The van der Waals surface area contributed by atoms with Crippen LogP contribution < -0.4 is 0 Å². The van der Waals surface area contributed by atoms with Gasteiger partial charge in [0.25, 0.3) is 0 Å². The van der Waals surface area contributed by atoms with E-state index >= 15 is 0 Å². The summed E-state index contributed by atoms with van der Waals surface area (Å²) in [6, 6.07) is 56.9. The first-order chi connectivity index (χ1) is 21.3. The van der Waals surface area contributed by atoms with Gasteiger partial charge in [-0.3, -0.25) is 0 Å². The minimum absolute atomic E-state index is 0.918. The minimum Gasteiger partial charge on any atom is -0.456 e. The van der Waals surface area contributed by atoms with Gasteiger partial charge < -0.3 is 4.42 Å². The Kier molecular flexibility index (Phi) is 5.27. The van der Waals surface area contributed by atoms with Gasteiger partial charge in [-0.05, 0) is 96.0 Å². The molecule has 0 bridgehead atoms. The Morgan fingerprint density at radius 1 is 0.279 bits per heavy atom. The van der Waals surface area contributed by atoms with E-state index in [9.17, 15) is 0 Å². The van der Waals surface area contributed by atoms with Crippen molar-refractivity contribution in [2.45, 2.75) is 0 Å². The average Bonchev–Trinajstić information content (AvgIpc) is 3.45. The number of benzene rings is 8. The van der Waals surface area contributed by atoms with Crippen molar-refractivity contribution < 1.29 is 4.42 Å². The summed E-state index contributed by atoms with van der Waals surface area (Å²) in [5, 5.41) is 9.81. The monoisotopic (exact) mass is 546 g/mol. The van der Waals surface area contributed by atoms with Crippen molar-refractivity contribution >= 4 is 54.3 Å². The van der Waals surface area contributed by atoms with Crippen LogP contribution in [-0.2, 0) is 0 Å². The average molecular weight is 547 g/mol. The lowest BCUT2D eigenvalue weighted by molar-refractivity contribution is 0.669. The van der Waals surface area contributed by atoms with E-state index in [4.69, 9.17) is 4.42 Å². The van der Waals surface area contributed by atoms with E-state index < -0.39 is 0 Å². The van der Waals surface area contributed by atoms with Gasteiger partial charge in [0.15, 0.2) is 0 Å². The summed E-state index contributed by atoms with van der Waals surface area (Å²) in [5.74, 6) is 0. The standard InChI is InChI=1S/C42H26O/c1-2-10-27(11-3-1)28-18-19-30-25-31(21-20-29(30)24-28)41-34-13-4-6-15-36(34)42(37-16-7-5-14-35(37)41)32-22-23-40-38(26-32)33-12-8-9-17-39(33)43-40/h1-26H. The van der Waals surface area contributed by atoms with E-state index in [1.165, 1.54) is 65.7 Å². The molecule has 0 unspecified atom stereocenters. The summed E-state index contributed by atoms with van der Waals surface area (Å²) < 4.78 is 6.16. The Morgan fingerprint density at radius 3 is 1.40 bits per heavy atom. The third-order valence-electron chi connectivity index (χ3n) is 8.83.